The van der Waals surface area contributed by atoms with Crippen molar-refractivity contribution in [1.29, 1.82) is 0 Å². The summed E-state index contributed by atoms with van der Waals surface area (Å²) in [4.78, 5) is 4.02. The number of aromatic nitrogens is 1. The lowest BCUT2D eigenvalue weighted by molar-refractivity contribution is -0.127. The maximum atomic E-state index is 13.0. The molecular weight excluding hydrogens is 403 g/mol. The molecule has 148 valence electrons. The van der Waals surface area contributed by atoms with E-state index in [9.17, 15) is 21.6 Å². The number of pyridine rings is 1. The normalized spacial score (nSPS) is 18.7. The van der Waals surface area contributed by atoms with Gasteiger partial charge in [-0.25, -0.2) is 8.42 Å². The van der Waals surface area contributed by atoms with Crippen molar-refractivity contribution in [2.45, 2.75) is 23.5 Å². The Morgan fingerprint density at radius 3 is 2.48 bits per heavy atom. The van der Waals surface area contributed by atoms with Crippen LogP contribution in [0.5, 0.6) is 0 Å². The maximum absolute atomic E-state index is 13.0. The molecule has 5 nitrogen and oxygen atoms in total. The molecule has 27 heavy (non-hydrogen) atoms. The predicted octanol–water partition coefficient (Wildman–Crippen LogP) is 2.94. The fraction of sp³-hybridized carbons (Fsp3) is 0.353. The van der Waals surface area contributed by atoms with Gasteiger partial charge >= 0.3 is 6.18 Å². The smallest absolute Gasteiger partial charge is 0.313 e. The van der Waals surface area contributed by atoms with E-state index in [-0.39, 0.29) is 29.4 Å². The molecule has 0 spiro atoms. The van der Waals surface area contributed by atoms with Crippen LogP contribution in [-0.2, 0) is 16.4 Å². The van der Waals surface area contributed by atoms with E-state index in [4.69, 9.17) is 0 Å². The van der Waals surface area contributed by atoms with Gasteiger partial charge in [0.2, 0.25) is 10.0 Å². The van der Waals surface area contributed by atoms with Gasteiger partial charge in [-0.3, -0.25) is 4.98 Å². The van der Waals surface area contributed by atoms with Crippen LogP contribution in [0.4, 0.5) is 13.2 Å². The first-order valence-electron chi connectivity index (χ1n) is 8.05. The third-order valence-corrected chi connectivity index (χ3v) is 6.12. The quantitative estimate of drug-likeness (QED) is 0.824. The monoisotopic (exact) mass is 421 g/mol. The fourth-order valence-electron chi connectivity index (χ4n) is 2.98. The van der Waals surface area contributed by atoms with Crippen LogP contribution in [0.1, 0.15) is 17.2 Å². The fourth-order valence-corrected chi connectivity index (χ4v) is 4.59. The molecule has 1 unspecified atom stereocenters. The van der Waals surface area contributed by atoms with Crippen molar-refractivity contribution < 1.29 is 21.6 Å². The SMILES string of the molecule is Cl.O=S(=O)(c1ccc(CC(F)(F)F)cc1)N1CCNCC1c1cccnc1. The standard InChI is InChI=1S/C17H18F3N3O2S.ClH/c18-17(19,20)10-13-3-5-15(6-4-13)26(24,25)23-9-8-22-12-16(23)14-2-1-7-21-11-14;/h1-7,11,16,22H,8-10,12H2;1H. The van der Waals surface area contributed by atoms with E-state index in [0.29, 0.717) is 13.1 Å². The van der Waals surface area contributed by atoms with Gasteiger partial charge in [-0.15, -0.1) is 12.4 Å². The van der Waals surface area contributed by atoms with E-state index in [1.165, 1.54) is 28.6 Å². The van der Waals surface area contributed by atoms with Gasteiger partial charge in [-0.1, -0.05) is 18.2 Å². The van der Waals surface area contributed by atoms with Crippen molar-refractivity contribution in [3.63, 3.8) is 0 Å². The Balaban J connectivity index is 0.00000261. The zero-order valence-electron chi connectivity index (χ0n) is 14.2. The number of rotatable bonds is 4. The molecular formula is C17H19ClF3N3O2S. The lowest BCUT2D eigenvalue weighted by Crippen LogP contribution is -2.48. The summed E-state index contributed by atoms with van der Waals surface area (Å²) in [5.74, 6) is 0. The van der Waals surface area contributed by atoms with Gasteiger partial charge < -0.3 is 5.32 Å². The molecule has 2 aromatic rings. The summed E-state index contributed by atoms with van der Waals surface area (Å²) in [6.07, 6.45) is -2.19. The lowest BCUT2D eigenvalue weighted by atomic mass is 10.1. The summed E-state index contributed by atoms with van der Waals surface area (Å²) in [5.41, 5.74) is 0.789. The molecule has 0 aliphatic carbocycles. The second-order valence-corrected chi connectivity index (χ2v) is 7.95. The molecule has 2 heterocycles. The van der Waals surface area contributed by atoms with E-state index in [2.05, 4.69) is 10.3 Å². The van der Waals surface area contributed by atoms with Gasteiger partial charge in [0, 0.05) is 32.0 Å². The van der Waals surface area contributed by atoms with Crippen molar-refractivity contribution in [1.82, 2.24) is 14.6 Å². The van der Waals surface area contributed by atoms with Crippen LogP contribution in [0.15, 0.2) is 53.7 Å². The van der Waals surface area contributed by atoms with Crippen molar-refractivity contribution in [3.8, 4) is 0 Å². The Bertz CT molecular complexity index is 846. The Morgan fingerprint density at radius 2 is 1.89 bits per heavy atom. The third kappa shape index (κ3) is 5.19. The molecule has 1 aliphatic rings. The van der Waals surface area contributed by atoms with E-state index in [1.54, 1.807) is 24.5 Å². The van der Waals surface area contributed by atoms with E-state index in [0.717, 1.165) is 5.56 Å². The van der Waals surface area contributed by atoms with Gasteiger partial charge in [0.05, 0.1) is 17.4 Å². The summed E-state index contributed by atoms with van der Waals surface area (Å²) in [7, 11) is -3.84. The number of nitrogens with zero attached hydrogens (tertiary/aromatic N) is 2. The molecule has 1 aromatic carbocycles. The van der Waals surface area contributed by atoms with Crippen molar-refractivity contribution >= 4 is 22.4 Å². The minimum absolute atomic E-state index is 0. The largest absolute Gasteiger partial charge is 0.393 e. The Kier molecular flexibility index (Phi) is 6.85. The highest BCUT2D eigenvalue weighted by molar-refractivity contribution is 7.89. The number of hydrogen-bond acceptors (Lipinski definition) is 4. The van der Waals surface area contributed by atoms with Gasteiger partial charge in [0.15, 0.2) is 0 Å². The molecule has 1 fully saturated rings. The minimum atomic E-state index is -4.33. The molecule has 3 rings (SSSR count). The predicted molar refractivity (Wildman–Crippen MR) is 97.2 cm³/mol. The average molecular weight is 422 g/mol. The molecule has 0 radical (unpaired) electrons. The number of piperazine rings is 1. The third-order valence-electron chi connectivity index (χ3n) is 4.20. The van der Waals surface area contributed by atoms with Crippen LogP contribution in [0.3, 0.4) is 0 Å². The Morgan fingerprint density at radius 1 is 1.19 bits per heavy atom. The molecule has 0 amide bonds. The topological polar surface area (TPSA) is 62.3 Å². The van der Waals surface area contributed by atoms with Crippen molar-refractivity contribution in [3.05, 3.63) is 59.9 Å². The van der Waals surface area contributed by atoms with Crippen LogP contribution in [0.2, 0.25) is 0 Å². The molecule has 1 aliphatic heterocycles. The Labute approximate surface area is 162 Å². The van der Waals surface area contributed by atoms with E-state index < -0.39 is 28.7 Å². The van der Waals surface area contributed by atoms with Crippen molar-refractivity contribution in [2.75, 3.05) is 19.6 Å². The minimum Gasteiger partial charge on any atom is -0.313 e. The first-order valence-corrected chi connectivity index (χ1v) is 9.49. The average Bonchev–Trinajstić information content (AvgIpc) is 2.61. The molecule has 1 saturated heterocycles. The van der Waals surface area contributed by atoms with E-state index in [1.807, 2.05) is 0 Å². The zero-order valence-corrected chi connectivity index (χ0v) is 15.8. The van der Waals surface area contributed by atoms with Crippen LogP contribution in [0, 0.1) is 0 Å². The second-order valence-electron chi connectivity index (χ2n) is 6.06. The molecule has 1 N–H and O–H groups in total. The summed E-state index contributed by atoms with van der Waals surface area (Å²) in [5, 5.41) is 3.16. The number of halogens is 4. The number of hydrogen-bond donors (Lipinski definition) is 1. The highest BCUT2D eigenvalue weighted by Crippen LogP contribution is 2.29. The summed E-state index contributed by atoms with van der Waals surface area (Å²) >= 11 is 0. The van der Waals surface area contributed by atoms with Gasteiger partial charge in [-0.05, 0) is 29.3 Å². The van der Waals surface area contributed by atoms with Crippen LogP contribution >= 0.6 is 12.4 Å². The zero-order chi connectivity index (χ0) is 18.8. The molecule has 10 heteroatoms. The first kappa shape index (κ1) is 21.6. The number of nitrogens with one attached hydrogen (secondary N) is 1. The van der Waals surface area contributed by atoms with Gasteiger partial charge in [0.1, 0.15) is 0 Å². The van der Waals surface area contributed by atoms with Gasteiger partial charge in [-0.2, -0.15) is 17.5 Å². The second kappa shape index (κ2) is 8.55. The highest BCUT2D eigenvalue weighted by Gasteiger charge is 2.35. The van der Waals surface area contributed by atoms with Crippen molar-refractivity contribution in [2.24, 2.45) is 0 Å². The number of benzene rings is 1. The summed E-state index contributed by atoms with van der Waals surface area (Å²) in [6, 6.07) is 8.01. The highest BCUT2D eigenvalue weighted by atomic mass is 35.5. The molecule has 0 bridgehead atoms. The molecule has 1 aromatic heterocycles. The first-order chi connectivity index (χ1) is 12.3. The lowest BCUT2D eigenvalue weighted by Gasteiger charge is -2.35. The van der Waals surface area contributed by atoms with Crippen LogP contribution < -0.4 is 5.32 Å². The van der Waals surface area contributed by atoms with E-state index >= 15 is 0 Å². The van der Waals surface area contributed by atoms with Crippen LogP contribution in [0.25, 0.3) is 0 Å². The molecule has 0 saturated carbocycles. The Hall–Kier alpha value is -1.68. The van der Waals surface area contributed by atoms with Crippen LogP contribution in [-0.4, -0.2) is 43.5 Å². The van der Waals surface area contributed by atoms with Gasteiger partial charge in [0.25, 0.3) is 0 Å². The summed E-state index contributed by atoms with van der Waals surface area (Å²) < 4.78 is 64.8. The number of alkyl halides is 3. The summed E-state index contributed by atoms with van der Waals surface area (Å²) in [6.45, 7) is 1.21. The maximum Gasteiger partial charge on any atom is 0.393 e. The molecule has 1 atom stereocenters. The number of sulfonamides is 1.